The Morgan fingerprint density at radius 1 is 0.778 bits per heavy atom. The van der Waals surface area contributed by atoms with Gasteiger partial charge in [-0.1, -0.05) is 76.5 Å². The van der Waals surface area contributed by atoms with Crippen LogP contribution in [-0.4, -0.2) is 44.1 Å². The van der Waals surface area contributed by atoms with E-state index in [4.69, 9.17) is 0 Å². The van der Waals surface area contributed by atoms with Gasteiger partial charge in [-0.05, 0) is 25.0 Å². The highest BCUT2D eigenvalue weighted by Crippen LogP contribution is 2.12. The number of benzene rings is 1. The largest absolute Gasteiger partial charge is 0.352 e. The van der Waals surface area contributed by atoms with Crippen LogP contribution in [0.4, 0.5) is 0 Å². The van der Waals surface area contributed by atoms with Crippen LogP contribution in [0.3, 0.4) is 0 Å². The Kier molecular flexibility index (Phi) is 12.9. The van der Waals surface area contributed by atoms with Gasteiger partial charge in [0.1, 0.15) is 0 Å². The number of carbonyl (C=O) groups excluding carboxylic acids is 1. The van der Waals surface area contributed by atoms with Crippen LogP contribution in [-0.2, 0) is 0 Å². The number of quaternary nitrogens is 1. The van der Waals surface area contributed by atoms with Gasteiger partial charge in [0.25, 0.3) is 5.91 Å². The van der Waals surface area contributed by atoms with Gasteiger partial charge in [-0.3, -0.25) is 4.79 Å². The number of nitrogens with one attached hydrogen (secondary N) is 1. The molecule has 0 aliphatic rings. The molecule has 1 amide bonds. The summed E-state index contributed by atoms with van der Waals surface area (Å²) in [5, 5.41) is 3.03. The summed E-state index contributed by atoms with van der Waals surface area (Å²) in [7, 11) is 4.62. The highest BCUT2D eigenvalue weighted by Gasteiger charge is 2.14. The second-order valence-electron chi connectivity index (χ2n) is 8.54. The molecule has 3 nitrogen and oxygen atoms in total. The van der Waals surface area contributed by atoms with Gasteiger partial charge in [0.15, 0.2) is 0 Å². The van der Waals surface area contributed by atoms with Crippen LogP contribution >= 0.6 is 0 Å². The third-order valence-corrected chi connectivity index (χ3v) is 5.38. The molecule has 0 saturated carbocycles. The van der Waals surface area contributed by atoms with Crippen LogP contribution in [0.25, 0.3) is 0 Å². The molecule has 154 valence electrons. The predicted molar refractivity (Wildman–Crippen MR) is 117 cm³/mol. The molecule has 0 fully saturated rings. The molecule has 1 aromatic carbocycles. The van der Waals surface area contributed by atoms with Crippen LogP contribution < -0.4 is 5.32 Å². The first-order valence-corrected chi connectivity index (χ1v) is 11.2. The number of rotatable bonds is 16. The SMILES string of the molecule is CCCCCCCCCCCC[N+](C)(C)CCCNC(=O)c1ccccc1. The van der Waals surface area contributed by atoms with E-state index in [1.165, 1.54) is 70.8 Å². The van der Waals surface area contributed by atoms with Crippen molar-refractivity contribution in [3.05, 3.63) is 35.9 Å². The smallest absolute Gasteiger partial charge is 0.251 e. The molecular formula is C24H43N2O+. The molecule has 0 radical (unpaired) electrons. The standard InChI is InChI=1S/C24H42N2O/c1-4-5-6-7-8-9-10-11-12-16-21-26(2,3)22-17-20-25-24(27)23-18-14-13-15-19-23/h13-15,18-19H,4-12,16-17,20-22H2,1-3H3/p+1. The van der Waals surface area contributed by atoms with Crippen molar-refractivity contribution in [2.75, 3.05) is 33.7 Å². The number of carbonyl (C=O) groups is 1. The van der Waals surface area contributed by atoms with Crippen LogP contribution in [0, 0.1) is 0 Å². The van der Waals surface area contributed by atoms with Crippen molar-refractivity contribution in [2.45, 2.75) is 77.6 Å². The maximum atomic E-state index is 12.0. The lowest BCUT2D eigenvalue weighted by atomic mass is 10.1. The third-order valence-electron chi connectivity index (χ3n) is 5.38. The van der Waals surface area contributed by atoms with Gasteiger partial charge in [-0.15, -0.1) is 0 Å². The van der Waals surface area contributed by atoms with Gasteiger partial charge >= 0.3 is 0 Å². The Balaban J connectivity index is 1.98. The summed E-state index contributed by atoms with van der Waals surface area (Å²) < 4.78 is 1.05. The summed E-state index contributed by atoms with van der Waals surface area (Å²) >= 11 is 0. The first kappa shape index (κ1) is 23.7. The Labute approximate surface area is 168 Å². The first-order chi connectivity index (χ1) is 13.0. The van der Waals surface area contributed by atoms with Crippen molar-refractivity contribution in [3.8, 4) is 0 Å². The van der Waals surface area contributed by atoms with Gasteiger partial charge in [0.05, 0.1) is 27.2 Å². The van der Waals surface area contributed by atoms with E-state index in [1.807, 2.05) is 30.3 Å². The van der Waals surface area contributed by atoms with E-state index in [-0.39, 0.29) is 5.91 Å². The van der Waals surface area contributed by atoms with Crippen molar-refractivity contribution < 1.29 is 9.28 Å². The van der Waals surface area contributed by atoms with E-state index in [2.05, 4.69) is 26.3 Å². The van der Waals surface area contributed by atoms with Crippen molar-refractivity contribution in [3.63, 3.8) is 0 Å². The summed E-state index contributed by atoms with van der Waals surface area (Å²) in [6.45, 7) is 5.39. The molecule has 1 aromatic rings. The number of amides is 1. The molecule has 0 heterocycles. The second kappa shape index (κ2) is 14.7. The zero-order valence-corrected chi connectivity index (χ0v) is 18.1. The summed E-state index contributed by atoms with van der Waals surface area (Å²) in [4.78, 5) is 12.0. The lowest BCUT2D eigenvalue weighted by Crippen LogP contribution is -2.42. The van der Waals surface area contributed by atoms with Gasteiger partial charge < -0.3 is 9.80 Å². The van der Waals surface area contributed by atoms with Crippen LogP contribution in [0.15, 0.2) is 30.3 Å². The molecule has 0 saturated heterocycles. The Hall–Kier alpha value is -1.35. The molecule has 1 N–H and O–H groups in total. The monoisotopic (exact) mass is 375 g/mol. The number of unbranched alkanes of at least 4 members (excludes halogenated alkanes) is 9. The molecule has 0 aliphatic heterocycles. The topological polar surface area (TPSA) is 29.1 Å². The Bertz CT molecular complexity index is 484. The normalized spacial score (nSPS) is 11.5. The molecule has 0 spiro atoms. The van der Waals surface area contributed by atoms with E-state index in [0.717, 1.165) is 29.6 Å². The Morgan fingerprint density at radius 3 is 1.89 bits per heavy atom. The Morgan fingerprint density at radius 2 is 1.30 bits per heavy atom. The minimum Gasteiger partial charge on any atom is -0.352 e. The lowest BCUT2D eigenvalue weighted by Gasteiger charge is -2.30. The summed E-state index contributed by atoms with van der Waals surface area (Å²) in [6.07, 6.45) is 15.0. The van der Waals surface area contributed by atoms with E-state index < -0.39 is 0 Å². The maximum absolute atomic E-state index is 12.0. The molecule has 0 bridgehead atoms. The molecule has 0 aromatic heterocycles. The van der Waals surface area contributed by atoms with Crippen molar-refractivity contribution in [1.29, 1.82) is 0 Å². The highest BCUT2D eigenvalue weighted by atomic mass is 16.1. The van der Waals surface area contributed by atoms with Crippen molar-refractivity contribution >= 4 is 5.91 Å². The van der Waals surface area contributed by atoms with Crippen molar-refractivity contribution in [1.82, 2.24) is 5.32 Å². The maximum Gasteiger partial charge on any atom is 0.251 e. The van der Waals surface area contributed by atoms with E-state index in [0.29, 0.717) is 0 Å². The highest BCUT2D eigenvalue weighted by molar-refractivity contribution is 5.94. The minimum absolute atomic E-state index is 0.0376. The fourth-order valence-corrected chi connectivity index (χ4v) is 3.54. The summed E-state index contributed by atoms with van der Waals surface area (Å²) in [5.41, 5.74) is 0.747. The van der Waals surface area contributed by atoms with Crippen molar-refractivity contribution in [2.24, 2.45) is 0 Å². The van der Waals surface area contributed by atoms with E-state index >= 15 is 0 Å². The van der Waals surface area contributed by atoms with E-state index in [1.54, 1.807) is 0 Å². The third kappa shape index (κ3) is 12.6. The summed E-state index contributed by atoms with van der Waals surface area (Å²) in [5.74, 6) is 0.0376. The molecule has 3 heteroatoms. The first-order valence-electron chi connectivity index (χ1n) is 11.2. The molecule has 0 atom stereocenters. The zero-order chi connectivity index (χ0) is 19.8. The average Bonchev–Trinajstić information content (AvgIpc) is 2.67. The fourth-order valence-electron chi connectivity index (χ4n) is 3.54. The van der Waals surface area contributed by atoms with Gasteiger partial charge in [-0.25, -0.2) is 0 Å². The molecular weight excluding hydrogens is 332 g/mol. The predicted octanol–water partition coefficient (Wildman–Crippen LogP) is 5.80. The number of hydrogen-bond acceptors (Lipinski definition) is 1. The average molecular weight is 376 g/mol. The van der Waals surface area contributed by atoms with Crippen LogP contribution in [0.1, 0.15) is 87.9 Å². The molecule has 27 heavy (non-hydrogen) atoms. The van der Waals surface area contributed by atoms with Crippen LogP contribution in [0.2, 0.25) is 0 Å². The minimum atomic E-state index is 0.0376. The van der Waals surface area contributed by atoms with Gasteiger partial charge in [0, 0.05) is 18.5 Å². The molecule has 0 unspecified atom stereocenters. The molecule has 1 rings (SSSR count). The zero-order valence-electron chi connectivity index (χ0n) is 18.1. The summed E-state index contributed by atoms with van der Waals surface area (Å²) in [6, 6.07) is 9.47. The van der Waals surface area contributed by atoms with Gasteiger partial charge in [-0.2, -0.15) is 0 Å². The number of hydrogen-bond donors (Lipinski definition) is 1. The fraction of sp³-hybridized carbons (Fsp3) is 0.708. The van der Waals surface area contributed by atoms with Gasteiger partial charge in [0.2, 0.25) is 0 Å². The lowest BCUT2D eigenvalue weighted by molar-refractivity contribution is -0.890. The molecule has 0 aliphatic carbocycles. The van der Waals surface area contributed by atoms with Crippen LogP contribution in [0.5, 0.6) is 0 Å². The number of nitrogens with zero attached hydrogens (tertiary/aromatic N) is 1. The van der Waals surface area contributed by atoms with E-state index in [9.17, 15) is 4.79 Å². The quantitative estimate of drug-likeness (QED) is 0.287. The second-order valence-corrected chi connectivity index (χ2v) is 8.54.